The lowest BCUT2D eigenvalue weighted by Gasteiger charge is -2.10. The first kappa shape index (κ1) is 18.2. The molecule has 0 aliphatic heterocycles. The molecule has 0 fully saturated rings. The second-order valence-corrected chi connectivity index (χ2v) is 4.96. The van der Waals surface area contributed by atoms with Crippen molar-refractivity contribution >= 4 is 11.9 Å². The Kier molecular flexibility index (Phi) is 6.30. The van der Waals surface area contributed by atoms with Crippen LogP contribution in [0, 0.1) is 24.0 Å². The molecule has 0 N–H and O–H groups in total. The van der Waals surface area contributed by atoms with Crippen LogP contribution in [-0.4, -0.2) is 19.0 Å². The largest absolute Gasteiger partial charge is 0.490 e. The van der Waals surface area contributed by atoms with Crippen LogP contribution in [0.2, 0.25) is 0 Å². The Hall–Kier alpha value is -3.13. The third-order valence-electron chi connectivity index (χ3n) is 3.21. The van der Waals surface area contributed by atoms with Gasteiger partial charge in [0.1, 0.15) is 6.61 Å². The van der Waals surface area contributed by atoms with Gasteiger partial charge in [-0.2, -0.15) is 0 Å². The van der Waals surface area contributed by atoms with Crippen LogP contribution < -0.4 is 9.47 Å². The zero-order valence-electron chi connectivity index (χ0n) is 13.6. The summed E-state index contributed by atoms with van der Waals surface area (Å²) >= 11 is 0. The summed E-state index contributed by atoms with van der Waals surface area (Å²) in [6, 6.07) is 8.12. The zero-order valence-corrected chi connectivity index (χ0v) is 13.6. The highest BCUT2D eigenvalue weighted by Gasteiger charge is 2.08. The van der Waals surface area contributed by atoms with Gasteiger partial charge in [-0.05, 0) is 48.9 Å². The lowest BCUT2D eigenvalue weighted by Crippen LogP contribution is -1.99. The standard InChI is InChI=1S/C20H16F2O3/c1-3-11-25-19-10-6-14(12-20(19)24-4-2)5-9-18(23)15-7-8-16(21)17(22)13-15/h1,5-10,12-13H,4,11H2,2H3/b9-5+. The van der Waals surface area contributed by atoms with Gasteiger partial charge in [0, 0.05) is 5.56 Å². The average molecular weight is 342 g/mol. The van der Waals surface area contributed by atoms with Crippen LogP contribution in [0.3, 0.4) is 0 Å². The SMILES string of the molecule is C#CCOc1ccc(/C=C/C(=O)c2ccc(F)c(F)c2)cc1OCC. The molecule has 0 aliphatic carbocycles. The molecule has 3 nitrogen and oxygen atoms in total. The molecule has 5 heteroatoms. The predicted octanol–water partition coefficient (Wildman–Crippen LogP) is 4.27. The molecular formula is C20H16F2O3. The number of carbonyl (C=O) groups excluding carboxylic acids is 1. The predicted molar refractivity (Wildman–Crippen MR) is 91.7 cm³/mol. The number of hydrogen-bond donors (Lipinski definition) is 0. The van der Waals surface area contributed by atoms with Gasteiger partial charge in [-0.25, -0.2) is 8.78 Å². The molecule has 0 saturated heterocycles. The molecule has 2 rings (SSSR count). The Morgan fingerprint density at radius 3 is 2.60 bits per heavy atom. The molecule has 0 bridgehead atoms. The van der Waals surface area contributed by atoms with Gasteiger partial charge in [-0.3, -0.25) is 4.79 Å². The minimum absolute atomic E-state index is 0.0640. The normalized spacial score (nSPS) is 10.5. The number of allylic oxidation sites excluding steroid dienone is 1. The second-order valence-electron chi connectivity index (χ2n) is 4.96. The number of ether oxygens (including phenoxy) is 2. The van der Waals surface area contributed by atoms with Crippen molar-refractivity contribution in [1.29, 1.82) is 0 Å². The van der Waals surface area contributed by atoms with Gasteiger partial charge in [0.2, 0.25) is 0 Å². The molecule has 0 spiro atoms. The van der Waals surface area contributed by atoms with E-state index in [9.17, 15) is 13.6 Å². The van der Waals surface area contributed by atoms with Crippen LogP contribution in [0.4, 0.5) is 8.78 Å². The van der Waals surface area contributed by atoms with Gasteiger partial charge in [0.05, 0.1) is 6.61 Å². The summed E-state index contributed by atoms with van der Waals surface area (Å²) in [4.78, 5) is 12.0. The first-order chi connectivity index (χ1) is 12.0. The van der Waals surface area contributed by atoms with Crippen LogP contribution in [0.5, 0.6) is 11.5 Å². The van der Waals surface area contributed by atoms with E-state index in [2.05, 4.69) is 5.92 Å². The van der Waals surface area contributed by atoms with E-state index in [0.29, 0.717) is 23.7 Å². The van der Waals surface area contributed by atoms with Crippen molar-refractivity contribution in [2.75, 3.05) is 13.2 Å². The topological polar surface area (TPSA) is 35.5 Å². The maximum absolute atomic E-state index is 13.2. The van der Waals surface area contributed by atoms with Crippen molar-refractivity contribution in [2.24, 2.45) is 0 Å². The van der Waals surface area contributed by atoms with E-state index in [1.807, 2.05) is 6.92 Å². The highest BCUT2D eigenvalue weighted by Crippen LogP contribution is 2.29. The molecular weight excluding hydrogens is 326 g/mol. The zero-order chi connectivity index (χ0) is 18.2. The molecule has 0 amide bonds. The number of halogens is 2. The number of benzene rings is 2. The van der Waals surface area contributed by atoms with Crippen molar-refractivity contribution in [1.82, 2.24) is 0 Å². The number of hydrogen-bond acceptors (Lipinski definition) is 3. The molecule has 0 heterocycles. The van der Waals surface area contributed by atoms with Crippen molar-refractivity contribution in [3.8, 4) is 23.8 Å². The van der Waals surface area contributed by atoms with E-state index in [0.717, 1.165) is 12.1 Å². The van der Waals surface area contributed by atoms with Crippen molar-refractivity contribution in [2.45, 2.75) is 6.92 Å². The number of carbonyl (C=O) groups is 1. The Bertz CT molecular complexity index is 835. The minimum Gasteiger partial charge on any atom is -0.490 e. The van der Waals surface area contributed by atoms with E-state index in [1.54, 1.807) is 24.3 Å². The molecule has 128 valence electrons. The lowest BCUT2D eigenvalue weighted by atomic mass is 10.1. The van der Waals surface area contributed by atoms with E-state index in [4.69, 9.17) is 15.9 Å². The summed E-state index contributed by atoms with van der Waals surface area (Å²) in [5.74, 6) is 0.879. The van der Waals surface area contributed by atoms with Crippen LogP contribution in [0.15, 0.2) is 42.5 Å². The number of terminal acetylenes is 1. The quantitative estimate of drug-likeness (QED) is 0.428. The smallest absolute Gasteiger partial charge is 0.185 e. The molecule has 0 aliphatic rings. The fourth-order valence-corrected chi connectivity index (χ4v) is 2.05. The first-order valence-corrected chi connectivity index (χ1v) is 7.55. The van der Waals surface area contributed by atoms with E-state index in [1.165, 1.54) is 12.1 Å². The van der Waals surface area contributed by atoms with Crippen LogP contribution in [0.1, 0.15) is 22.8 Å². The second kappa shape index (κ2) is 8.65. The average Bonchev–Trinajstić information content (AvgIpc) is 2.61. The molecule has 0 saturated carbocycles. The third-order valence-corrected chi connectivity index (χ3v) is 3.21. The Morgan fingerprint density at radius 2 is 1.92 bits per heavy atom. The van der Waals surface area contributed by atoms with Crippen molar-refractivity contribution in [3.05, 3.63) is 65.2 Å². The minimum atomic E-state index is -1.06. The Labute approximate surface area is 144 Å². The molecule has 2 aromatic carbocycles. The fourth-order valence-electron chi connectivity index (χ4n) is 2.05. The third kappa shape index (κ3) is 4.92. The van der Waals surface area contributed by atoms with E-state index >= 15 is 0 Å². The molecule has 0 atom stereocenters. The number of ketones is 1. The number of rotatable bonds is 7. The summed E-state index contributed by atoms with van der Waals surface area (Å²) in [6.07, 6.45) is 8.00. The molecule has 0 aromatic heterocycles. The summed E-state index contributed by atoms with van der Waals surface area (Å²) < 4.78 is 37.0. The van der Waals surface area contributed by atoms with Gasteiger partial charge in [0.15, 0.2) is 28.9 Å². The summed E-state index contributed by atoms with van der Waals surface area (Å²) in [5, 5.41) is 0. The van der Waals surface area contributed by atoms with Gasteiger partial charge in [-0.15, -0.1) is 6.42 Å². The molecule has 2 aromatic rings. The highest BCUT2D eigenvalue weighted by molar-refractivity contribution is 6.06. The summed E-state index contributed by atoms with van der Waals surface area (Å²) in [7, 11) is 0. The molecule has 25 heavy (non-hydrogen) atoms. The van der Waals surface area contributed by atoms with Gasteiger partial charge < -0.3 is 9.47 Å². The summed E-state index contributed by atoms with van der Waals surface area (Å²) in [6.45, 7) is 2.39. The van der Waals surface area contributed by atoms with Crippen molar-refractivity contribution in [3.63, 3.8) is 0 Å². The van der Waals surface area contributed by atoms with E-state index < -0.39 is 17.4 Å². The van der Waals surface area contributed by atoms with Crippen molar-refractivity contribution < 1.29 is 23.0 Å². The maximum Gasteiger partial charge on any atom is 0.185 e. The highest BCUT2D eigenvalue weighted by atomic mass is 19.2. The Balaban J connectivity index is 2.19. The van der Waals surface area contributed by atoms with Crippen LogP contribution in [0.25, 0.3) is 6.08 Å². The first-order valence-electron chi connectivity index (χ1n) is 7.55. The lowest BCUT2D eigenvalue weighted by molar-refractivity contribution is 0.104. The fraction of sp³-hybridized carbons (Fsp3) is 0.150. The summed E-state index contributed by atoms with van der Waals surface area (Å²) in [5.41, 5.74) is 0.751. The monoisotopic (exact) mass is 342 g/mol. The maximum atomic E-state index is 13.2. The van der Waals surface area contributed by atoms with Gasteiger partial charge >= 0.3 is 0 Å². The van der Waals surface area contributed by atoms with Crippen LogP contribution >= 0.6 is 0 Å². The van der Waals surface area contributed by atoms with E-state index in [-0.39, 0.29) is 12.2 Å². The van der Waals surface area contributed by atoms with Gasteiger partial charge in [-0.1, -0.05) is 18.1 Å². The molecule has 0 unspecified atom stereocenters. The molecule has 0 radical (unpaired) electrons. The van der Waals surface area contributed by atoms with Crippen LogP contribution in [-0.2, 0) is 0 Å². The van der Waals surface area contributed by atoms with Gasteiger partial charge in [0.25, 0.3) is 0 Å². The Morgan fingerprint density at radius 1 is 1.12 bits per heavy atom.